The first-order valence-electron chi connectivity index (χ1n) is 13.5. The lowest BCUT2D eigenvalue weighted by Gasteiger charge is -2.20. The van der Waals surface area contributed by atoms with Crippen molar-refractivity contribution >= 4 is 47.3 Å². The number of esters is 1. The van der Waals surface area contributed by atoms with Gasteiger partial charge in [0.05, 0.1) is 5.56 Å². The minimum atomic E-state index is -0.959. The van der Waals surface area contributed by atoms with Crippen molar-refractivity contribution in [3.05, 3.63) is 53.0 Å². The Labute approximate surface area is 241 Å². The van der Waals surface area contributed by atoms with Crippen LogP contribution in [0.5, 0.6) is 0 Å². The second-order valence-electron chi connectivity index (χ2n) is 9.88. The van der Waals surface area contributed by atoms with E-state index in [1.165, 1.54) is 24.0 Å². The van der Waals surface area contributed by atoms with Crippen molar-refractivity contribution in [2.45, 2.75) is 59.0 Å². The highest BCUT2D eigenvalue weighted by molar-refractivity contribution is 6.06. The predicted molar refractivity (Wildman–Crippen MR) is 150 cm³/mol. The van der Waals surface area contributed by atoms with Crippen LogP contribution in [0.1, 0.15) is 65.0 Å². The number of ether oxygens (including phenoxy) is 2. The van der Waals surface area contributed by atoms with Crippen LogP contribution < -0.4 is 16.0 Å². The molecule has 2 heterocycles. The summed E-state index contributed by atoms with van der Waals surface area (Å²) in [5.41, 5.74) is 3.27. The van der Waals surface area contributed by atoms with Crippen LogP contribution >= 0.6 is 0 Å². The number of anilines is 2. The Balaban J connectivity index is 1.55. The van der Waals surface area contributed by atoms with Gasteiger partial charge in [-0.1, -0.05) is 13.0 Å². The van der Waals surface area contributed by atoms with Crippen LogP contribution in [0, 0.1) is 13.8 Å². The molecule has 0 spiro atoms. The monoisotopic (exact) mass is 579 g/mol. The number of nitrogens with one attached hydrogen (secondary N) is 3. The lowest BCUT2D eigenvalue weighted by Crippen LogP contribution is -2.40. The number of hydrogen-bond acceptors (Lipinski definition) is 10. The van der Waals surface area contributed by atoms with Gasteiger partial charge in [0, 0.05) is 30.0 Å². The molecule has 1 saturated carbocycles. The molecular weight excluding hydrogens is 546 g/mol. The Morgan fingerprint density at radius 1 is 1.19 bits per heavy atom. The molecule has 222 valence electrons. The van der Waals surface area contributed by atoms with Gasteiger partial charge in [-0.2, -0.15) is 5.10 Å². The van der Waals surface area contributed by atoms with Gasteiger partial charge in [-0.15, -0.1) is 0 Å². The molecule has 3 aromatic rings. The first kappa shape index (κ1) is 30.0. The highest BCUT2D eigenvalue weighted by Gasteiger charge is 2.40. The fourth-order valence-electron chi connectivity index (χ4n) is 4.20. The van der Waals surface area contributed by atoms with Crippen LogP contribution in [0.25, 0.3) is 5.52 Å². The number of amides is 4. The Bertz CT molecular complexity index is 1520. The van der Waals surface area contributed by atoms with Gasteiger partial charge in [-0.25, -0.2) is 24.0 Å². The zero-order chi connectivity index (χ0) is 30.4. The number of nitrogens with zero attached hydrogens (tertiary/aromatic N) is 4. The van der Waals surface area contributed by atoms with E-state index < -0.39 is 30.8 Å². The maximum Gasteiger partial charge on any atom is 0.419 e. The van der Waals surface area contributed by atoms with E-state index in [-0.39, 0.29) is 17.5 Å². The van der Waals surface area contributed by atoms with Crippen LogP contribution in [0.15, 0.2) is 30.7 Å². The van der Waals surface area contributed by atoms with Gasteiger partial charge < -0.3 is 25.4 Å². The molecule has 3 N–H and O–H groups in total. The van der Waals surface area contributed by atoms with E-state index >= 15 is 0 Å². The minimum Gasteiger partial charge on any atom is -0.426 e. The van der Waals surface area contributed by atoms with Crippen molar-refractivity contribution in [2.24, 2.45) is 0 Å². The fourth-order valence-corrected chi connectivity index (χ4v) is 4.20. The molecule has 0 saturated heterocycles. The van der Waals surface area contributed by atoms with E-state index in [4.69, 9.17) is 9.47 Å². The number of carbonyl (C=O) groups excluding carboxylic acids is 5. The average molecular weight is 580 g/mol. The van der Waals surface area contributed by atoms with E-state index in [0.29, 0.717) is 53.9 Å². The van der Waals surface area contributed by atoms with Crippen LogP contribution in [0.4, 0.5) is 16.3 Å². The third-order valence-corrected chi connectivity index (χ3v) is 6.73. The molecule has 1 atom stereocenters. The lowest BCUT2D eigenvalue weighted by molar-refractivity contribution is -0.154. The van der Waals surface area contributed by atoms with Gasteiger partial charge in [0.1, 0.15) is 17.9 Å². The summed E-state index contributed by atoms with van der Waals surface area (Å²) in [5, 5.41) is 12.6. The largest absolute Gasteiger partial charge is 0.426 e. The van der Waals surface area contributed by atoms with Crippen molar-refractivity contribution in [1.29, 1.82) is 0 Å². The Morgan fingerprint density at radius 3 is 2.64 bits per heavy atom. The predicted octanol–water partition coefficient (Wildman–Crippen LogP) is 2.61. The quantitative estimate of drug-likeness (QED) is 0.164. The average Bonchev–Trinajstić information content (AvgIpc) is 3.74. The van der Waals surface area contributed by atoms with Gasteiger partial charge in [0.15, 0.2) is 5.82 Å². The molecule has 2 aromatic heterocycles. The molecule has 4 rings (SSSR count). The second-order valence-corrected chi connectivity index (χ2v) is 9.88. The Hall–Kier alpha value is -5.01. The van der Waals surface area contributed by atoms with Gasteiger partial charge in [-0.05, 0) is 63.3 Å². The normalized spacial score (nSPS) is 13.1. The summed E-state index contributed by atoms with van der Waals surface area (Å²) in [6, 6.07) is 4.03. The summed E-state index contributed by atoms with van der Waals surface area (Å²) < 4.78 is 11.4. The number of hydrogen-bond donors (Lipinski definition) is 3. The van der Waals surface area contributed by atoms with Gasteiger partial charge in [0.2, 0.25) is 13.2 Å². The van der Waals surface area contributed by atoms with Gasteiger partial charge in [0.25, 0.3) is 11.8 Å². The van der Waals surface area contributed by atoms with Gasteiger partial charge >= 0.3 is 12.1 Å². The van der Waals surface area contributed by atoms with Crippen molar-refractivity contribution in [3.63, 3.8) is 0 Å². The second kappa shape index (κ2) is 13.1. The first-order chi connectivity index (χ1) is 20.2. The SMILES string of the molecule is CCCNC(=O)c1ccc(C)c(Nc2ncnn3cc(C(=O)N(C(=O)OCOC(=O)C(C)NC=O)C4CC4)c(C)c23)c1. The molecule has 42 heavy (non-hydrogen) atoms. The van der Waals surface area contributed by atoms with Crippen LogP contribution in [0.3, 0.4) is 0 Å². The Kier molecular flexibility index (Phi) is 9.35. The standard InChI is InChI=1S/C28H33N7O7/c1-5-10-29-25(37)19-7-6-16(2)22(11-19)33-24-23-17(3)21(12-34(23)32-13-30-24)26(38)35(20-8-9-20)28(40)42-15-41-27(39)18(4)31-14-36/h6-7,11-14,18,20H,5,8-10,15H2,1-4H3,(H,29,37)(H,31,36)(H,30,32,33). The van der Waals surface area contributed by atoms with E-state index in [9.17, 15) is 24.0 Å². The zero-order valence-electron chi connectivity index (χ0n) is 23.8. The van der Waals surface area contributed by atoms with Crippen LogP contribution in [0.2, 0.25) is 0 Å². The summed E-state index contributed by atoms with van der Waals surface area (Å²) in [6.45, 7) is 6.85. The number of aromatic nitrogens is 3. The third kappa shape index (κ3) is 6.65. The molecule has 1 aliphatic rings. The fraction of sp³-hybridized carbons (Fsp3) is 0.393. The summed E-state index contributed by atoms with van der Waals surface area (Å²) >= 11 is 0. The molecule has 0 radical (unpaired) electrons. The summed E-state index contributed by atoms with van der Waals surface area (Å²) in [6.07, 6.45) is 4.28. The number of fused-ring (bicyclic) bond motifs is 1. The highest BCUT2D eigenvalue weighted by atomic mass is 16.7. The van der Waals surface area contributed by atoms with Crippen LogP contribution in [-0.4, -0.2) is 75.2 Å². The van der Waals surface area contributed by atoms with Gasteiger partial charge in [-0.3, -0.25) is 14.4 Å². The first-order valence-corrected chi connectivity index (χ1v) is 13.5. The van der Waals surface area contributed by atoms with E-state index in [2.05, 4.69) is 26.0 Å². The third-order valence-electron chi connectivity index (χ3n) is 6.73. The molecule has 1 aromatic carbocycles. The number of carbonyl (C=O) groups is 5. The lowest BCUT2D eigenvalue weighted by atomic mass is 10.1. The van der Waals surface area contributed by atoms with Crippen molar-refractivity contribution in [2.75, 3.05) is 18.7 Å². The summed E-state index contributed by atoms with van der Waals surface area (Å²) in [5.74, 6) is -1.17. The molecule has 14 nitrogen and oxygen atoms in total. The van der Waals surface area contributed by atoms with Crippen LogP contribution in [-0.2, 0) is 19.1 Å². The minimum absolute atomic E-state index is 0.187. The topological polar surface area (TPSA) is 173 Å². The Morgan fingerprint density at radius 2 is 1.95 bits per heavy atom. The molecule has 0 aliphatic heterocycles. The van der Waals surface area contributed by atoms with Crippen molar-refractivity contribution in [1.82, 2.24) is 30.1 Å². The molecule has 1 aliphatic carbocycles. The molecular formula is C28H33N7O7. The van der Waals surface area contributed by atoms with E-state index in [0.717, 1.165) is 16.9 Å². The van der Waals surface area contributed by atoms with Crippen molar-refractivity contribution < 1.29 is 33.4 Å². The number of rotatable bonds is 12. The zero-order valence-corrected chi connectivity index (χ0v) is 23.8. The molecule has 4 amide bonds. The number of imide groups is 1. The van der Waals surface area contributed by atoms with E-state index in [1.54, 1.807) is 19.1 Å². The highest BCUT2D eigenvalue weighted by Crippen LogP contribution is 2.32. The number of benzene rings is 1. The molecule has 1 unspecified atom stereocenters. The molecule has 1 fully saturated rings. The summed E-state index contributed by atoms with van der Waals surface area (Å²) in [4.78, 5) is 66.7. The number of aryl methyl sites for hydroxylation is 2. The van der Waals surface area contributed by atoms with E-state index in [1.807, 2.05) is 19.9 Å². The smallest absolute Gasteiger partial charge is 0.419 e. The maximum absolute atomic E-state index is 13.6. The maximum atomic E-state index is 13.6. The van der Waals surface area contributed by atoms with Crippen molar-refractivity contribution in [3.8, 4) is 0 Å². The molecule has 0 bridgehead atoms. The molecule has 14 heteroatoms. The summed E-state index contributed by atoms with van der Waals surface area (Å²) in [7, 11) is 0.